The fraction of sp³-hybridized carbons (Fsp3) is 0.818. The summed E-state index contributed by atoms with van der Waals surface area (Å²) in [7, 11) is 0. The summed E-state index contributed by atoms with van der Waals surface area (Å²) in [4.78, 5) is 6.47. The van der Waals surface area contributed by atoms with Crippen molar-refractivity contribution in [1.82, 2.24) is 15.0 Å². The molecule has 0 bridgehead atoms. The van der Waals surface area contributed by atoms with Gasteiger partial charge in [-0.1, -0.05) is 11.6 Å². The van der Waals surface area contributed by atoms with E-state index in [0.29, 0.717) is 24.3 Å². The van der Waals surface area contributed by atoms with Crippen LogP contribution in [0.3, 0.4) is 0 Å². The normalized spacial score (nSPS) is 27.2. The molecule has 0 aromatic carbocycles. The highest BCUT2D eigenvalue weighted by atomic mass is 16.5. The lowest BCUT2D eigenvalue weighted by Gasteiger charge is -2.38. The Morgan fingerprint density at radius 1 is 1.50 bits per heavy atom. The number of piperidine rings is 1. The van der Waals surface area contributed by atoms with Gasteiger partial charge < -0.3 is 9.63 Å². The average Bonchev–Trinajstić information content (AvgIpc) is 2.67. The van der Waals surface area contributed by atoms with Crippen LogP contribution in [0.1, 0.15) is 37.9 Å². The second-order valence-corrected chi connectivity index (χ2v) is 4.52. The van der Waals surface area contributed by atoms with Gasteiger partial charge in [-0.15, -0.1) is 0 Å². The Hall–Kier alpha value is -0.940. The van der Waals surface area contributed by atoms with Crippen LogP contribution in [0.2, 0.25) is 0 Å². The molecule has 0 radical (unpaired) electrons. The third kappa shape index (κ3) is 2.41. The number of hydrogen-bond acceptors (Lipinski definition) is 5. The zero-order valence-corrected chi connectivity index (χ0v) is 9.89. The number of likely N-dealkylation sites (tertiary alicyclic amines) is 1. The highest BCUT2D eigenvalue weighted by Gasteiger charge is 2.28. The minimum atomic E-state index is 0.206. The summed E-state index contributed by atoms with van der Waals surface area (Å²) in [5.74, 6) is 1.31. The number of aryl methyl sites for hydroxylation is 1. The molecule has 5 heteroatoms. The van der Waals surface area contributed by atoms with Crippen LogP contribution >= 0.6 is 0 Å². The van der Waals surface area contributed by atoms with Gasteiger partial charge in [0.25, 0.3) is 0 Å². The molecule has 0 spiro atoms. The van der Waals surface area contributed by atoms with Crippen molar-refractivity contribution < 1.29 is 9.63 Å². The van der Waals surface area contributed by atoms with Crippen molar-refractivity contribution in [1.29, 1.82) is 0 Å². The van der Waals surface area contributed by atoms with Gasteiger partial charge in [0.1, 0.15) is 0 Å². The number of aromatic nitrogens is 2. The van der Waals surface area contributed by atoms with E-state index in [-0.39, 0.29) is 12.6 Å². The Morgan fingerprint density at radius 3 is 2.94 bits per heavy atom. The first kappa shape index (κ1) is 11.5. The quantitative estimate of drug-likeness (QED) is 0.835. The summed E-state index contributed by atoms with van der Waals surface area (Å²) >= 11 is 0. The van der Waals surface area contributed by atoms with Gasteiger partial charge >= 0.3 is 0 Å². The minimum absolute atomic E-state index is 0.206. The highest BCUT2D eigenvalue weighted by Crippen LogP contribution is 2.24. The standard InChI is InChI=1S/C11H19N3O2/c1-8-4-3-5-10(7-15)14(8)6-11-12-9(2)13-16-11/h8,10,15H,3-7H2,1-2H3. The molecule has 1 aromatic rings. The zero-order valence-electron chi connectivity index (χ0n) is 9.89. The van der Waals surface area contributed by atoms with Gasteiger partial charge in [0, 0.05) is 12.1 Å². The molecule has 1 aromatic heterocycles. The summed E-state index contributed by atoms with van der Waals surface area (Å²) in [6, 6.07) is 0.703. The van der Waals surface area contributed by atoms with Crippen LogP contribution in [-0.4, -0.2) is 38.8 Å². The van der Waals surface area contributed by atoms with Crippen LogP contribution in [0.4, 0.5) is 0 Å². The van der Waals surface area contributed by atoms with Gasteiger partial charge in [0.2, 0.25) is 5.89 Å². The first-order valence-corrected chi connectivity index (χ1v) is 5.86. The van der Waals surface area contributed by atoms with Gasteiger partial charge in [-0.2, -0.15) is 4.98 Å². The SMILES string of the molecule is Cc1noc(CN2C(C)CCCC2CO)n1. The van der Waals surface area contributed by atoms with E-state index in [0.717, 1.165) is 6.42 Å². The van der Waals surface area contributed by atoms with Crippen LogP contribution in [0.5, 0.6) is 0 Å². The molecule has 1 N–H and O–H groups in total. The van der Waals surface area contributed by atoms with Crippen molar-refractivity contribution in [3.8, 4) is 0 Å². The predicted molar refractivity (Wildman–Crippen MR) is 58.8 cm³/mol. The van der Waals surface area contributed by atoms with Crippen molar-refractivity contribution in [3.05, 3.63) is 11.7 Å². The molecular weight excluding hydrogens is 206 g/mol. The van der Waals surface area contributed by atoms with Crippen molar-refractivity contribution in [2.75, 3.05) is 6.61 Å². The second-order valence-electron chi connectivity index (χ2n) is 4.52. The monoisotopic (exact) mass is 225 g/mol. The first-order chi connectivity index (χ1) is 7.70. The lowest BCUT2D eigenvalue weighted by molar-refractivity contribution is 0.0370. The van der Waals surface area contributed by atoms with E-state index >= 15 is 0 Å². The number of nitrogens with zero attached hydrogens (tertiary/aromatic N) is 3. The van der Waals surface area contributed by atoms with Gasteiger partial charge in [-0.25, -0.2) is 0 Å². The Labute approximate surface area is 95.4 Å². The van der Waals surface area contributed by atoms with E-state index < -0.39 is 0 Å². The summed E-state index contributed by atoms with van der Waals surface area (Å²) in [5, 5.41) is 13.1. The minimum Gasteiger partial charge on any atom is -0.395 e. The predicted octanol–water partition coefficient (Wildman–Crippen LogP) is 1.11. The first-order valence-electron chi connectivity index (χ1n) is 5.86. The molecule has 1 saturated heterocycles. The third-order valence-corrected chi connectivity index (χ3v) is 3.29. The molecule has 2 heterocycles. The van der Waals surface area contributed by atoms with Crippen LogP contribution in [0.25, 0.3) is 0 Å². The molecule has 1 aliphatic heterocycles. The van der Waals surface area contributed by atoms with Crippen LogP contribution in [0, 0.1) is 6.92 Å². The molecule has 5 nitrogen and oxygen atoms in total. The average molecular weight is 225 g/mol. The van der Waals surface area contributed by atoms with Gasteiger partial charge in [-0.3, -0.25) is 4.90 Å². The molecule has 1 aliphatic rings. The van der Waals surface area contributed by atoms with E-state index in [2.05, 4.69) is 22.0 Å². The zero-order chi connectivity index (χ0) is 11.5. The maximum absolute atomic E-state index is 9.35. The largest absolute Gasteiger partial charge is 0.395 e. The summed E-state index contributed by atoms with van der Waals surface area (Å²) in [6.45, 7) is 4.85. The molecule has 1 fully saturated rings. The maximum Gasteiger partial charge on any atom is 0.240 e. The smallest absolute Gasteiger partial charge is 0.240 e. The van der Waals surface area contributed by atoms with E-state index in [1.54, 1.807) is 0 Å². The van der Waals surface area contributed by atoms with Gasteiger partial charge in [-0.05, 0) is 26.7 Å². The van der Waals surface area contributed by atoms with Crippen LogP contribution in [0.15, 0.2) is 4.52 Å². The molecule has 2 rings (SSSR count). The molecule has 0 aliphatic carbocycles. The van der Waals surface area contributed by atoms with Crippen molar-refractivity contribution in [3.63, 3.8) is 0 Å². The van der Waals surface area contributed by atoms with E-state index in [1.165, 1.54) is 12.8 Å². The van der Waals surface area contributed by atoms with Crippen molar-refractivity contribution in [2.45, 2.75) is 51.7 Å². The summed E-state index contributed by atoms with van der Waals surface area (Å²) < 4.78 is 5.12. The third-order valence-electron chi connectivity index (χ3n) is 3.29. The maximum atomic E-state index is 9.35. The summed E-state index contributed by atoms with van der Waals surface area (Å²) in [6.07, 6.45) is 3.41. The van der Waals surface area contributed by atoms with E-state index in [4.69, 9.17) is 4.52 Å². The lowest BCUT2D eigenvalue weighted by Crippen LogP contribution is -2.46. The number of aliphatic hydroxyl groups excluding tert-OH is 1. The molecule has 90 valence electrons. The molecule has 2 unspecified atom stereocenters. The van der Waals surface area contributed by atoms with E-state index in [9.17, 15) is 5.11 Å². The van der Waals surface area contributed by atoms with Crippen LogP contribution in [-0.2, 0) is 6.54 Å². The van der Waals surface area contributed by atoms with Crippen molar-refractivity contribution >= 4 is 0 Å². The molecule has 16 heavy (non-hydrogen) atoms. The van der Waals surface area contributed by atoms with E-state index in [1.807, 2.05) is 6.92 Å². The number of rotatable bonds is 3. The Balaban J connectivity index is 2.05. The summed E-state index contributed by atoms with van der Waals surface area (Å²) in [5.41, 5.74) is 0. The number of aliphatic hydroxyl groups is 1. The van der Waals surface area contributed by atoms with Crippen LogP contribution < -0.4 is 0 Å². The Morgan fingerprint density at radius 2 is 2.31 bits per heavy atom. The fourth-order valence-electron chi connectivity index (χ4n) is 2.38. The molecule has 2 atom stereocenters. The lowest BCUT2D eigenvalue weighted by atomic mass is 9.97. The Bertz CT molecular complexity index is 340. The van der Waals surface area contributed by atoms with Crippen molar-refractivity contribution in [2.24, 2.45) is 0 Å². The molecular formula is C11H19N3O2. The Kier molecular flexibility index (Phi) is 3.56. The van der Waals surface area contributed by atoms with Gasteiger partial charge in [0.15, 0.2) is 5.82 Å². The molecule has 0 saturated carbocycles. The topological polar surface area (TPSA) is 62.4 Å². The fourth-order valence-corrected chi connectivity index (χ4v) is 2.38. The number of hydrogen-bond donors (Lipinski definition) is 1. The second kappa shape index (κ2) is 4.93. The van der Waals surface area contributed by atoms with Gasteiger partial charge in [0.05, 0.1) is 13.2 Å². The molecule has 0 amide bonds. The highest BCUT2D eigenvalue weighted by molar-refractivity contribution is 4.88.